The lowest BCUT2D eigenvalue weighted by atomic mass is 10.1. The molecule has 2 aliphatic heterocycles. The Hall–Kier alpha value is -1.24. The van der Waals surface area contributed by atoms with Gasteiger partial charge in [0.15, 0.2) is 12.1 Å². The summed E-state index contributed by atoms with van der Waals surface area (Å²) in [5, 5.41) is 10.1. The molecule has 5 atom stereocenters. The molecule has 1 N–H and O–H groups in total. The van der Waals surface area contributed by atoms with Crippen LogP contribution in [0.25, 0.3) is 0 Å². The quantitative estimate of drug-likeness (QED) is 0.843. The van der Waals surface area contributed by atoms with Crippen molar-refractivity contribution in [3.8, 4) is 0 Å². The number of aliphatic hydroxyl groups is 1. The minimum Gasteiger partial charge on any atom is -0.386 e. The van der Waals surface area contributed by atoms with E-state index in [0.717, 1.165) is 5.56 Å². The Morgan fingerprint density at radius 2 is 2.05 bits per heavy atom. The predicted octanol–water partition coefficient (Wildman–Crippen LogP) is 2.00. The summed E-state index contributed by atoms with van der Waals surface area (Å²) < 4.78 is 23.4. The van der Waals surface area contributed by atoms with Gasteiger partial charge in [-0.15, -0.1) is 6.58 Å². The first kappa shape index (κ1) is 15.6. The van der Waals surface area contributed by atoms with Crippen molar-refractivity contribution in [1.82, 2.24) is 0 Å². The lowest BCUT2D eigenvalue weighted by molar-refractivity contribution is -0.227. The number of rotatable bonds is 5. The van der Waals surface area contributed by atoms with E-state index in [4.69, 9.17) is 18.9 Å². The van der Waals surface area contributed by atoms with Gasteiger partial charge in [0.25, 0.3) is 0 Å². The second-order valence-corrected chi connectivity index (χ2v) is 6.06. The molecule has 0 amide bonds. The van der Waals surface area contributed by atoms with Crippen LogP contribution in [-0.2, 0) is 25.6 Å². The molecule has 2 heterocycles. The van der Waals surface area contributed by atoms with E-state index in [0.29, 0.717) is 6.61 Å². The Labute approximate surface area is 130 Å². The monoisotopic (exact) mass is 306 g/mol. The maximum Gasteiger partial charge on any atom is 0.190 e. The first-order chi connectivity index (χ1) is 10.5. The largest absolute Gasteiger partial charge is 0.386 e. The average Bonchev–Trinajstić information content (AvgIpc) is 2.97. The average molecular weight is 306 g/mol. The minimum atomic E-state index is -0.832. The predicted molar refractivity (Wildman–Crippen MR) is 79.9 cm³/mol. The van der Waals surface area contributed by atoms with Crippen LogP contribution in [0, 0.1) is 0 Å². The molecule has 0 radical (unpaired) electrons. The van der Waals surface area contributed by atoms with Gasteiger partial charge >= 0.3 is 0 Å². The third-order valence-electron chi connectivity index (χ3n) is 3.89. The lowest BCUT2D eigenvalue weighted by Gasteiger charge is -2.27. The summed E-state index contributed by atoms with van der Waals surface area (Å²) in [6.07, 6.45) is -1.25. The zero-order valence-electron chi connectivity index (χ0n) is 12.8. The smallest absolute Gasteiger partial charge is 0.190 e. The summed E-state index contributed by atoms with van der Waals surface area (Å²) >= 11 is 0. The van der Waals surface area contributed by atoms with Gasteiger partial charge in [0.1, 0.15) is 24.4 Å². The van der Waals surface area contributed by atoms with Crippen molar-refractivity contribution in [2.45, 2.75) is 56.9 Å². The molecule has 0 bridgehead atoms. The Kier molecular flexibility index (Phi) is 4.34. The van der Waals surface area contributed by atoms with Gasteiger partial charge in [0.2, 0.25) is 0 Å². The number of aliphatic hydroxyl groups excluding tert-OH is 1. The maximum atomic E-state index is 10.1. The van der Waals surface area contributed by atoms with Crippen molar-refractivity contribution >= 4 is 0 Å². The topological polar surface area (TPSA) is 57.2 Å². The van der Waals surface area contributed by atoms with Gasteiger partial charge in [-0.25, -0.2) is 0 Å². The Balaban J connectivity index is 1.73. The first-order valence-electron chi connectivity index (χ1n) is 7.47. The number of benzene rings is 1. The molecule has 1 aromatic rings. The number of hydrogen-bond acceptors (Lipinski definition) is 5. The van der Waals surface area contributed by atoms with Gasteiger partial charge in [-0.2, -0.15) is 0 Å². The number of ether oxygens (including phenoxy) is 4. The molecule has 5 nitrogen and oxygen atoms in total. The van der Waals surface area contributed by atoms with Gasteiger partial charge < -0.3 is 24.1 Å². The van der Waals surface area contributed by atoms with Crippen molar-refractivity contribution in [1.29, 1.82) is 0 Å². The minimum absolute atomic E-state index is 0.363. The summed E-state index contributed by atoms with van der Waals surface area (Å²) in [4.78, 5) is 0. The van der Waals surface area contributed by atoms with E-state index in [2.05, 4.69) is 6.58 Å². The highest BCUT2D eigenvalue weighted by atomic mass is 16.8. The molecule has 120 valence electrons. The summed E-state index contributed by atoms with van der Waals surface area (Å²) in [6.45, 7) is 7.70. The van der Waals surface area contributed by atoms with Crippen LogP contribution in [0.2, 0.25) is 0 Å². The van der Waals surface area contributed by atoms with Gasteiger partial charge in [-0.05, 0) is 19.4 Å². The number of hydrogen-bond donors (Lipinski definition) is 1. The van der Waals surface area contributed by atoms with E-state index < -0.39 is 30.4 Å². The fourth-order valence-electron chi connectivity index (χ4n) is 2.87. The zero-order chi connectivity index (χ0) is 15.7. The van der Waals surface area contributed by atoms with E-state index in [-0.39, 0.29) is 6.10 Å². The maximum absolute atomic E-state index is 10.1. The summed E-state index contributed by atoms with van der Waals surface area (Å²) in [6, 6.07) is 9.85. The fourth-order valence-corrected chi connectivity index (χ4v) is 2.87. The standard InChI is InChI=1S/C17H22O5/c1-4-12(18)13-14(19-10-11-8-6-5-7-9-11)15-16(20-13)22-17(2,3)21-15/h4-9,12-16,18H,1,10H2,2-3H3/t12?,13-,14?,15+,16-/m1/s1. The molecule has 1 aromatic carbocycles. The molecule has 0 aliphatic carbocycles. The van der Waals surface area contributed by atoms with Crippen molar-refractivity contribution in [2.24, 2.45) is 0 Å². The zero-order valence-corrected chi connectivity index (χ0v) is 12.8. The second kappa shape index (κ2) is 6.10. The Morgan fingerprint density at radius 1 is 1.32 bits per heavy atom. The van der Waals surface area contributed by atoms with Crippen LogP contribution in [-0.4, -0.2) is 41.6 Å². The van der Waals surface area contributed by atoms with Crippen molar-refractivity contribution < 1.29 is 24.1 Å². The molecule has 0 spiro atoms. The lowest BCUT2D eigenvalue weighted by Crippen LogP contribution is -2.41. The van der Waals surface area contributed by atoms with E-state index in [1.807, 2.05) is 44.2 Å². The van der Waals surface area contributed by atoms with Crippen LogP contribution in [0.15, 0.2) is 43.0 Å². The summed E-state index contributed by atoms with van der Waals surface area (Å²) in [5.74, 6) is -0.714. The molecule has 0 saturated carbocycles. The van der Waals surface area contributed by atoms with Crippen LogP contribution in [0.3, 0.4) is 0 Å². The van der Waals surface area contributed by atoms with E-state index in [9.17, 15) is 5.11 Å². The molecule has 5 heteroatoms. The highest BCUT2D eigenvalue weighted by molar-refractivity contribution is 5.13. The van der Waals surface area contributed by atoms with Crippen molar-refractivity contribution in [2.75, 3.05) is 0 Å². The fraction of sp³-hybridized carbons (Fsp3) is 0.529. The van der Waals surface area contributed by atoms with E-state index in [1.165, 1.54) is 6.08 Å². The van der Waals surface area contributed by atoms with E-state index >= 15 is 0 Å². The van der Waals surface area contributed by atoms with Gasteiger partial charge in [0, 0.05) is 0 Å². The Morgan fingerprint density at radius 3 is 2.73 bits per heavy atom. The van der Waals surface area contributed by atoms with Crippen molar-refractivity contribution in [3.05, 3.63) is 48.6 Å². The summed E-state index contributed by atoms with van der Waals surface area (Å²) in [5.41, 5.74) is 1.05. The second-order valence-electron chi connectivity index (χ2n) is 6.06. The summed E-state index contributed by atoms with van der Waals surface area (Å²) in [7, 11) is 0. The van der Waals surface area contributed by atoms with Crippen LogP contribution in [0.4, 0.5) is 0 Å². The molecule has 2 aliphatic rings. The van der Waals surface area contributed by atoms with Crippen LogP contribution < -0.4 is 0 Å². The van der Waals surface area contributed by atoms with Gasteiger partial charge in [-0.1, -0.05) is 36.4 Å². The molecule has 3 rings (SSSR count). The van der Waals surface area contributed by atoms with Crippen LogP contribution >= 0.6 is 0 Å². The molecule has 0 aromatic heterocycles. The molecule has 2 saturated heterocycles. The van der Waals surface area contributed by atoms with Crippen LogP contribution in [0.1, 0.15) is 19.4 Å². The highest BCUT2D eigenvalue weighted by Crippen LogP contribution is 2.40. The molecule has 2 unspecified atom stereocenters. The normalized spacial score (nSPS) is 34.3. The molecular weight excluding hydrogens is 284 g/mol. The molecule has 2 fully saturated rings. The Bertz CT molecular complexity index is 515. The highest BCUT2D eigenvalue weighted by Gasteiger charge is 2.56. The SMILES string of the molecule is C=CC(O)[C@H]1O[C@@H]2OC(C)(C)O[C@H]2C1OCc1ccccc1. The number of fused-ring (bicyclic) bond motifs is 1. The third-order valence-corrected chi connectivity index (χ3v) is 3.89. The first-order valence-corrected chi connectivity index (χ1v) is 7.47. The van der Waals surface area contributed by atoms with Crippen molar-refractivity contribution in [3.63, 3.8) is 0 Å². The molecule has 22 heavy (non-hydrogen) atoms. The van der Waals surface area contributed by atoms with E-state index in [1.54, 1.807) is 0 Å². The van der Waals surface area contributed by atoms with Crippen LogP contribution in [0.5, 0.6) is 0 Å². The van der Waals surface area contributed by atoms with Gasteiger partial charge in [-0.3, -0.25) is 0 Å². The third kappa shape index (κ3) is 3.09. The molecular formula is C17H22O5. The van der Waals surface area contributed by atoms with Gasteiger partial charge in [0.05, 0.1) is 6.61 Å².